The van der Waals surface area contributed by atoms with Crippen molar-refractivity contribution in [2.24, 2.45) is 0 Å². The molecule has 1 N–H and O–H groups in total. The van der Waals surface area contributed by atoms with Gasteiger partial charge in [0.2, 0.25) is 0 Å². The predicted molar refractivity (Wildman–Crippen MR) is 154 cm³/mol. The Morgan fingerprint density at radius 1 is 1.08 bits per heavy atom. The van der Waals surface area contributed by atoms with Crippen LogP contribution in [0.3, 0.4) is 0 Å². The minimum Gasteiger partial charge on any atom is -0.493 e. The maximum Gasteiger partial charge on any atom is 0.166 e. The van der Waals surface area contributed by atoms with Crippen LogP contribution in [-0.4, -0.2) is 79.0 Å². The highest BCUT2D eigenvalue weighted by atomic mass is 127. The molecule has 2 bridgehead atoms. The number of halogens is 1. The van der Waals surface area contributed by atoms with E-state index < -0.39 is 6.10 Å². The summed E-state index contributed by atoms with van der Waals surface area (Å²) in [6.07, 6.45) is 7.94. The molecule has 6 nitrogen and oxygen atoms in total. The Morgan fingerprint density at radius 3 is 2.73 bits per heavy atom. The van der Waals surface area contributed by atoms with Gasteiger partial charge in [-0.15, -0.1) is 0 Å². The first-order valence-corrected chi connectivity index (χ1v) is 14.8. The molecular formula is C30H36IN3O3. The molecule has 5 atom stereocenters. The van der Waals surface area contributed by atoms with E-state index in [0.29, 0.717) is 18.5 Å². The average molecular weight is 614 g/mol. The van der Waals surface area contributed by atoms with E-state index in [-0.39, 0.29) is 11.5 Å². The van der Waals surface area contributed by atoms with Crippen LogP contribution in [0.25, 0.3) is 0 Å². The van der Waals surface area contributed by atoms with Crippen LogP contribution in [0.2, 0.25) is 0 Å². The van der Waals surface area contributed by atoms with Gasteiger partial charge in [0.1, 0.15) is 6.10 Å². The normalized spacial score (nSPS) is 32.2. The van der Waals surface area contributed by atoms with Gasteiger partial charge in [0.25, 0.3) is 0 Å². The smallest absolute Gasteiger partial charge is 0.166 e. The van der Waals surface area contributed by atoms with Crippen LogP contribution < -0.4 is 14.4 Å². The summed E-state index contributed by atoms with van der Waals surface area (Å²) in [5, 5.41) is 10.3. The standard InChI is InChI=1S/C30H36IN3O3/c1-36-26-8-3-20-17-32(14-11-30-10-9-25(35)16-27(30)37-29(26)28(20)30)12-2-13-33-18-24-15-23(33)19-34(24)22-6-4-21(31)5-7-22/h3-10,23-25,27,35H,2,11-19H2,1H3. The third-order valence-corrected chi connectivity index (χ3v) is 10.2. The van der Waals surface area contributed by atoms with Crippen molar-refractivity contribution < 1.29 is 14.6 Å². The topological polar surface area (TPSA) is 48.4 Å². The molecule has 4 heterocycles. The summed E-state index contributed by atoms with van der Waals surface area (Å²) in [6.45, 7) is 6.65. The number of likely N-dealkylation sites (tertiary alicyclic amines) is 1. The van der Waals surface area contributed by atoms with Crippen LogP contribution in [0.1, 0.15) is 36.8 Å². The van der Waals surface area contributed by atoms with Gasteiger partial charge in [-0.1, -0.05) is 18.2 Å². The van der Waals surface area contributed by atoms with Crippen LogP contribution in [0.4, 0.5) is 5.69 Å². The van der Waals surface area contributed by atoms with Gasteiger partial charge < -0.3 is 19.5 Å². The zero-order chi connectivity index (χ0) is 25.1. The van der Waals surface area contributed by atoms with Gasteiger partial charge >= 0.3 is 0 Å². The average Bonchev–Trinajstić information content (AvgIpc) is 3.56. The molecule has 2 aromatic carbocycles. The number of rotatable bonds is 6. The molecule has 1 spiro atoms. The van der Waals surface area contributed by atoms with E-state index in [1.807, 2.05) is 6.08 Å². The molecule has 37 heavy (non-hydrogen) atoms. The van der Waals surface area contributed by atoms with Crippen LogP contribution in [0, 0.1) is 3.57 Å². The van der Waals surface area contributed by atoms with E-state index in [9.17, 15) is 5.11 Å². The second-order valence-electron chi connectivity index (χ2n) is 11.5. The first-order valence-electron chi connectivity index (χ1n) is 13.8. The van der Waals surface area contributed by atoms with E-state index in [1.165, 1.54) is 46.3 Å². The third-order valence-electron chi connectivity index (χ3n) is 9.47. The molecule has 7 heteroatoms. The molecule has 7 rings (SSSR count). The van der Waals surface area contributed by atoms with Crippen molar-refractivity contribution in [2.75, 3.05) is 44.7 Å². The lowest BCUT2D eigenvalue weighted by atomic mass is 9.69. The Bertz CT molecular complexity index is 1200. The second-order valence-corrected chi connectivity index (χ2v) is 12.7. The fraction of sp³-hybridized carbons (Fsp3) is 0.533. The number of aliphatic hydroxyl groups excluding tert-OH is 1. The molecular weight excluding hydrogens is 577 g/mol. The summed E-state index contributed by atoms with van der Waals surface area (Å²) in [7, 11) is 1.72. The summed E-state index contributed by atoms with van der Waals surface area (Å²) in [4.78, 5) is 8.00. The van der Waals surface area contributed by atoms with Crippen molar-refractivity contribution in [3.05, 3.63) is 63.2 Å². The monoisotopic (exact) mass is 613 g/mol. The molecule has 1 aliphatic carbocycles. The van der Waals surface area contributed by atoms with Gasteiger partial charge in [0, 0.05) is 53.0 Å². The Morgan fingerprint density at radius 2 is 1.95 bits per heavy atom. The SMILES string of the molecule is COc1ccc2c3c1OC1CC(O)C=CC31CCN(CCCN1CC3CC1CN3c1ccc(I)cc1)C2. The van der Waals surface area contributed by atoms with Crippen molar-refractivity contribution in [3.63, 3.8) is 0 Å². The third kappa shape index (κ3) is 4.08. The number of nitrogens with zero attached hydrogens (tertiary/aromatic N) is 3. The molecule has 5 aliphatic rings. The summed E-state index contributed by atoms with van der Waals surface area (Å²) < 4.78 is 13.4. The number of anilines is 1. The van der Waals surface area contributed by atoms with Crippen LogP contribution in [0.15, 0.2) is 48.6 Å². The quantitative estimate of drug-likeness (QED) is 0.390. The van der Waals surface area contributed by atoms with E-state index in [0.717, 1.165) is 44.1 Å². The Balaban J connectivity index is 1.01. The van der Waals surface area contributed by atoms with Crippen LogP contribution in [0.5, 0.6) is 11.5 Å². The predicted octanol–water partition coefficient (Wildman–Crippen LogP) is 4.18. The summed E-state index contributed by atoms with van der Waals surface area (Å²) in [6, 6.07) is 14.7. The van der Waals surface area contributed by atoms with Gasteiger partial charge in [0.05, 0.1) is 18.6 Å². The summed E-state index contributed by atoms with van der Waals surface area (Å²) in [5.74, 6) is 1.71. The first-order chi connectivity index (χ1) is 18.0. The number of ether oxygens (including phenoxy) is 2. The Kier molecular flexibility index (Phi) is 6.18. The maximum absolute atomic E-state index is 10.3. The maximum atomic E-state index is 10.3. The molecule has 2 aromatic rings. The molecule has 5 unspecified atom stereocenters. The number of methoxy groups -OCH3 is 1. The van der Waals surface area contributed by atoms with Crippen molar-refractivity contribution in [2.45, 2.75) is 61.9 Å². The summed E-state index contributed by atoms with van der Waals surface area (Å²) in [5.41, 5.74) is 3.88. The number of aliphatic hydroxyl groups is 1. The highest BCUT2D eigenvalue weighted by molar-refractivity contribution is 14.1. The Labute approximate surface area is 233 Å². The molecule has 0 radical (unpaired) electrons. The van der Waals surface area contributed by atoms with E-state index in [1.54, 1.807) is 7.11 Å². The fourth-order valence-electron chi connectivity index (χ4n) is 7.65. The Hall–Kier alpha value is -1.81. The van der Waals surface area contributed by atoms with Crippen molar-refractivity contribution >= 4 is 28.3 Å². The van der Waals surface area contributed by atoms with Crippen LogP contribution >= 0.6 is 22.6 Å². The number of hydrogen-bond acceptors (Lipinski definition) is 6. The number of hydrogen-bond donors (Lipinski definition) is 1. The lowest BCUT2D eigenvalue weighted by Gasteiger charge is -2.36. The summed E-state index contributed by atoms with van der Waals surface area (Å²) >= 11 is 2.38. The molecule has 2 fully saturated rings. The minimum absolute atomic E-state index is 0.0197. The highest BCUT2D eigenvalue weighted by Gasteiger charge is 2.52. The molecule has 0 saturated carbocycles. The van der Waals surface area contributed by atoms with Gasteiger partial charge in [-0.05, 0) is 97.4 Å². The molecule has 196 valence electrons. The van der Waals surface area contributed by atoms with Gasteiger partial charge in [-0.25, -0.2) is 0 Å². The fourth-order valence-corrected chi connectivity index (χ4v) is 8.01. The number of benzene rings is 2. The number of piperazine rings is 1. The van der Waals surface area contributed by atoms with E-state index >= 15 is 0 Å². The second kappa shape index (κ2) is 9.43. The van der Waals surface area contributed by atoms with Gasteiger partial charge in [-0.2, -0.15) is 0 Å². The highest BCUT2D eigenvalue weighted by Crippen LogP contribution is 2.55. The van der Waals surface area contributed by atoms with Crippen LogP contribution in [-0.2, 0) is 12.0 Å². The van der Waals surface area contributed by atoms with E-state index in [4.69, 9.17) is 9.47 Å². The van der Waals surface area contributed by atoms with Gasteiger partial charge in [0.15, 0.2) is 11.5 Å². The zero-order valence-corrected chi connectivity index (χ0v) is 23.6. The first kappa shape index (κ1) is 24.2. The molecule has 2 saturated heterocycles. The minimum atomic E-state index is -0.434. The molecule has 0 aromatic heterocycles. The molecule has 4 aliphatic heterocycles. The van der Waals surface area contributed by atoms with Crippen molar-refractivity contribution in [1.29, 1.82) is 0 Å². The largest absolute Gasteiger partial charge is 0.493 e. The number of fused-ring (bicyclic) bond motifs is 2. The zero-order valence-electron chi connectivity index (χ0n) is 21.5. The van der Waals surface area contributed by atoms with Gasteiger partial charge in [-0.3, -0.25) is 9.80 Å². The lowest BCUT2D eigenvalue weighted by Crippen LogP contribution is -2.47. The lowest BCUT2D eigenvalue weighted by molar-refractivity contribution is 0.0807. The molecule has 0 amide bonds. The van der Waals surface area contributed by atoms with Crippen molar-refractivity contribution in [3.8, 4) is 11.5 Å². The van der Waals surface area contributed by atoms with Crippen molar-refractivity contribution in [1.82, 2.24) is 9.80 Å². The van der Waals surface area contributed by atoms with E-state index in [2.05, 4.69) is 79.8 Å².